The van der Waals surface area contributed by atoms with E-state index in [0.717, 1.165) is 30.0 Å². The lowest BCUT2D eigenvalue weighted by Crippen LogP contribution is -2.21. The molecule has 2 heterocycles. The number of aromatic amines is 1. The van der Waals surface area contributed by atoms with Gasteiger partial charge in [-0.15, -0.1) is 0 Å². The number of nitrogens with one attached hydrogen (secondary N) is 2. The lowest BCUT2D eigenvalue weighted by atomic mass is 10.2. The minimum atomic E-state index is -0.871. The van der Waals surface area contributed by atoms with Crippen molar-refractivity contribution in [1.29, 1.82) is 0 Å². The third-order valence-electron chi connectivity index (χ3n) is 3.60. The molecule has 4 N–H and O–H groups in total. The number of hydrogen-bond acceptors (Lipinski definition) is 6. The molecule has 3 aromatic rings. The number of likely N-dealkylation sites (N-methyl/N-ethyl adjacent to an activating group) is 1. The fourth-order valence-corrected chi connectivity index (χ4v) is 2.46. The fraction of sp³-hybridized carbons (Fsp3) is 0.235. The summed E-state index contributed by atoms with van der Waals surface area (Å²) in [5, 5.41) is 3.32. The summed E-state index contributed by atoms with van der Waals surface area (Å²) in [6, 6.07) is 9.05. The molecule has 0 aliphatic carbocycles. The van der Waals surface area contributed by atoms with Crippen LogP contribution in [0.5, 0.6) is 5.75 Å². The number of ether oxygens (including phenoxy) is 1. The van der Waals surface area contributed by atoms with E-state index >= 15 is 0 Å². The smallest absolute Gasteiger partial charge is 0.408 e. The number of benzene rings is 1. The van der Waals surface area contributed by atoms with Gasteiger partial charge in [-0.05, 0) is 38.4 Å². The van der Waals surface area contributed by atoms with Gasteiger partial charge in [-0.25, -0.2) is 14.8 Å². The number of para-hydroxylation sites is 1. The zero-order chi connectivity index (χ0) is 17.8. The standard InChI is InChI=1S/C17H20N6O2/c1-23(2)10-9-20-15-11(5-4-8-19-15)16-21-12-6-3-7-13(14(12)22-16)25-17(18)24/h3-8H,9-10H2,1-2H3,(H2,18,24)(H,19,20)(H,21,22). The molecular weight excluding hydrogens is 320 g/mol. The maximum atomic E-state index is 11.1. The summed E-state index contributed by atoms with van der Waals surface area (Å²) >= 11 is 0. The summed E-state index contributed by atoms with van der Waals surface area (Å²) in [4.78, 5) is 25.3. The number of nitrogens with zero attached hydrogens (tertiary/aromatic N) is 3. The second-order valence-corrected chi connectivity index (χ2v) is 5.79. The van der Waals surface area contributed by atoms with E-state index in [2.05, 4.69) is 25.2 Å². The summed E-state index contributed by atoms with van der Waals surface area (Å²) in [6.07, 6.45) is 0.857. The summed E-state index contributed by atoms with van der Waals surface area (Å²) in [6.45, 7) is 1.64. The highest BCUT2D eigenvalue weighted by atomic mass is 16.5. The highest BCUT2D eigenvalue weighted by Crippen LogP contribution is 2.29. The van der Waals surface area contributed by atoms with Crippen LogP contribution in [0.2, 0.25) is 0 Å². The number of amides is 1. The average molecular weight is 340 g/mol. The van der Waals surface area contributed by atoms with E-state index in [1.54, 1.807) is 18.3 Å². The van der Waals surface area contributed by atoms with Crippen LogP contribution in [0.1, 0.15) is 0 Å². The largest absolute Gasteiger partial charge is 0.410 e. The number of imidazole rings is 1. The maximum absolute atomic E-state index is 11.1. The quantitative estimate of drug-likeness (QED) is 0.634. The number of anilines is 1. The van der Waals surface area contributed by atoms with Crippen LogP contribution in [-0.2, 0) is 0 Å². The second-order valence-electron chi connectivity index (χ2n) is 5.79. The van der Waals surface area contributed by atoms with Gasteiger partial charge in [0, 0.05) is 19.3 Å². The molecule has 0 aliphatic rings. The Morgan fingerprint density at radius 1 is 1.32 bits per heavy atom. The molecule has 0 fully saturated rings. The van der Waals surface area contributed by atoms with Crippen LogP contribution in [-0.4, -0.2) is 53.1 Å². The SMILES string of the molecule is CN(C)CCNc1ncccc1-c1nc2c(OC(N)=O)cccc2[nH]1. The van der Waals surface area contributed by atoms with Crippen LogP contribution in [0.25, 0.3) is 22.4 Å². The number of nitrogens with two attached hydrogens (primary N) is 1. The van der Waals surface area contributed by atoms with Gasteiger partial charge in [0.15, 0.2) is 5.75 Å². The first kappa shape index (κ1) is 16.7. The number of carbonyl (C=O) groups is 1. The monoisotopic (exact) mass is 340 g/mol. The normalized spacial score (nSPS) is 11.0. The van der Waals surface area contributed by atoms with Crippen molar-refractivity contribution in [2.45, 2.75) is 0 Å². The molecule has 0 saturated carbocycles. The molecule has 0 saturated heterocycles. The Hall–Kier alpha value is -3.13. The van der Waals surface area contributed by atoms with Crippen molar-refractivity contribution in [1.82, 2.24) is 19.9 Å². The minimum absolute atomic E-state index is 0.318. The summed E-state index contributed by atoms with van der Waals surface area (Å²) in [5.41, 5.74) is 7.24. The van der Waals surface area contributed by atoms with Gasteiger partial charge in [-0.2, -0.15) is 0 Å². The zero-order valence-corrected chi connectivity index (χ0v) is 14.1. The number of hydrogen-bond donors (Lipinski definition) is 3. The number of pyridine rings is 1. The topological polar surface area (TPSA) is 109 Å². The van der Waals surface area contributed by atoms with E-state index in [-0.39, 0.29) is 0 Å². The van der Waals surface area contributed by atoms with Crippen molar-refractivity contribution in [3.63, 3.8) is 0 Å². The van der Waals surface area contributed by atoms with Gasteiger partial charge in [0.2, 0.25) is 0 Å². The molecule has 0 spiro atoms. The molecule has 130 valence electrons. The van der Waals surface area contributed by atoms with Crippen molar-refractivity contribution in [2.75, 3.05) is 32.5 Å². The number of rotatable bonds is 6. The number of aromatic nitrogens is 3. The van der Waals surface area contributed by atoms with Gasteiger partial charge in [-0.1, -0.05) is 6.07 Å². The molecule has 8 heteroatoms. The van der Waals surface area contributed by atoms with Crippen molar-refractivity contribution in [2.24, 2.45) is 5.73 Å². The molecule has 0 unspecified atom stereocenters. The molecule has 1 aromatic carbocycles. The highest BCUT2D eigenvalue weighted by Gasteiger charge is 2.14. The number of primary amides is 1. The maximum Gasteiger partial charge on any atom is 0.410 e. The molecule has 1 amide bonds. The fourth-order valence-electron chi connectivity index (χ4n) is 2.46. The Morgan fingerprint density at radius 3 is 2.92 bits per heavy atom. The van der Waals surface area contributed by atoms with Gasteiger partial charge >= 0.3 is 6.09 Å². The van der Waals surface area contributed by atoms with Crippen molar-refractivity contribution in [3.8, 4) is 17.1 Å². The Kier molecular flexibility index (Phi) is 4.80. The van der Waals surface area contributed by atoms with Crippen LogP contribution >= 0.6 is 0 Å². The van der Waals surface area contributed by atoms with Gasteiger partial charge in [0.05, 0.1) is 11.1 Å². The minimum Gasteiger partial charge on any atom is -0.408 e. The highest BCUT2D eigenvalue weighted by molar-refractivity contribution is 5.88. The van der Waals surface area contributed by atoms with E-state index in [1.165, 1.54) is 0 Å². The first-order valence-electron chi connectivity index (χ1n) is 7.84. The Balaban J connectivity index is 1.95. The molecule has 0 radical (unpaired) electrons. The molecule has 0 bridgehead atoms. The molecule has 0 aliphatic heterocycles. The average Bonchev–Trinajstić information content (AvgIpc) is 2.99. The van der Waals surface area contributed by atoms with E-state index < -0.39 is 6.09 Å². The third kappa shape index (κ3) is 3.86. The molecule has 3 rings (SSSR count). The molecule has 8 nitrogen and oxygen atoms in total. The van der Waals surface area contributed by atoms with Gasteiger partial charge in [0.25, 0.3) is 0 Å². The van der Waals surface area contributed by atoms with Gasteiger partial charge < -0.3 is 25.7 Å². The Bertz CT molecular complexity index is 890. The lowest BCUT2D eigenvalue weighted by Gasteiger charge is -2.12. The van der Waals surface area contributed by atoms with E-state index in [9.17, 15) is 4.79 Å². The predicted molar refractivity (Wildman–Crippen MR) is 96.6 cm³/mol. The Labute approximate surface area is 145 Å². The zero-order valence-electron chi connectivity index (χ0n) is 14.1. The first-order chi connectivity index (χ1) is 12.0. The molecular formula is C17H20N6O2. The van der Waals surface area contributed by atoms with E-state index in [1.807, 2.05) is 32.3 Å². The number of H-pyrrole nitrogens is 1. The third-order valence-corrected chi connectivity index (χ3v) is 3.60. The van der Waals surface area contributed by atoms with Crippen LogP contribution in [0.15, 0.2) is 36.5 Å². The van der Waals surface area contributed by atoms with Crippen molar-refractivity contribution >= 4 is 22.9 Å². The predicted octanol–water partition coefficient (Wildman–Crippen LogP) is 2.06. The van der Waals surface area contributed by atoms with E-state index in [0.29, 0.717) is 17.1 Å². The Morgan fingerprint density at radius 2 is 2.16 bits per heavy atom. The molecule has 2 aromatic heterocycles. The summed E-state index contributed by atoms with van der Waals surface area (Å²) in [7, 11) is 4.03. The van der Waals surface area contributed by atoms with Crippen LogP contribution < -0.4 is 15.8 Å². The molecule has 25 heavy (non-hydrogen) atoms. The van der Waals surface area contributed by atoms with Crippen LogP contribution in [0.3, 0.4) is 0 Å². The van der Waals surface area contributed by atoms with Crippen molar-refractivity contribution < 1.29 is 9.53 Å². The summed E-state index contributed by atoms with van der Waals surface area (Å²) < 4.78 is 5.02. The number of fused-ring (bicyclic) bond motifs is 1. The van der Waals surface area contributed by atoms with Crippen LogP contribution in [0.4, 0.5) is 10.6 Å². The van der Waals surface area contributed by atoms with Crippen molar-refractivity contribution in [3.05, 3.63) is 36.5 Å². The second kappa shape index (κ2) is 7.18. The lowest BCUT2D eigenvalue weighted by molar-refractivity contribution is 0.211. The van der Waals surface area contributed by atoms with Crippen LogP contribution in [0, 0.1) is 0 Å². The first-order valence-corrected chi connectivity index (χ1v) is 7.84. The van der Waals surface area contributed by atoms with E-state index in [4.69, 9.17) is 10.5 Å². The van der Waals surface area contributed by atoms with Gasteiger partial charge in [-0.3, -0.25) is 0 Å². The molecule has 0 atom stereocenters. The summed E-state index contributed by atoms with van der Waals surface area (Å²) in [5.74, 6) is 1.69. The number of carbonyl (C=O) groups excluding carboxylic acids is 1. The van der Waals surface area contributed by atoms with Gasteiger partial charge in [0.1, 0.15) is 17.2 Å².